The highest BCUT2D eigenvalue weighted by atomic mass is 31.2. The molecule has 0 fully saturated rings. The van der Waals surface area contributed by atoms with E-state index in [2.05, 4.69) is 5.73 Å². The first-order valence-corrected chi connectivity index (χ1v) is 8.58. The van der Waals surface area contributed by atoms with Gasteiger partial charge in [-0.25, -0.2) is 4.79 Å². The van der Waals surface area contributed by atoms with Gasteiger partial charge in [0, 0.05) is 6.42 Å². The Labute approximate surface area is 134 Å². The van der Waals surface area contributed by atoms with E-state index in [0.717, 1.165) is 5.56 Å². The van der Waals surface area contributed by atoms with E-state index in [1.807, 2.05) is 30.3 Å². The Kier molecular flexibility index (Phi) is 10.1. The number of carboxylic acids is 2. The van der Waals surface area contributed by atoms with Crippen molar-refractivity contribution >= 4 is 19.5 Å². The highest BCUT2D eigenvalue weighted by molar-refractivity contribution is 7.54. The molecule has 0 aromatic heterocycles. The van der Waals surface area contributed by atoms with Crippen LogP contribution in [-0.4, -0.2) is 36.0 Å². The number of rotatable bonds is 7. The quantitative estimate of drug-likeness (QED) is 0.517. The van der Waals surface area contributed by atoms with Gasteiger partial charge in [-0.1, -0.05) is 30.3 Å². The van der Waals surface area contributed by atoms with Crippen LogP contribution in [0.2, 0.25) is 0 Å². The topological polar surface area (TPSA) is 141 Å². The van der Waals surface area contributed by atoms with Crippen LogP contribution in [0.5, 0.6) is 0 Å². The van der Waals surface area contributed by atoms with Crippen LogP contribution in [0.4, 0.5) is 0 Å². The molecule has 23 heavy (non-hydrogen) atoms. The third kappa shape index (κ3) is 8.47. The van der Waals surface area contributed by atoms with Crippen LogP contribution in [0.15, 0.2) is 30.3 Å². The number of carboxylic acid groups (broad SMARTS) is 2. The zero-order chi connectivity index (χ0) is 17.9. The third-order valence-corrected chi connectivity index (χ3v) is 4.87. The summed E-state index contributed by atoms with van der Waals surface area (Å²) in [4.78, 5) is 18.0. The summed E-state index contributed by atoms with van der Waals surface area (Å²) in [7, 11) is -3.09. The zero-order valence-corrected chi connectivity index (χ0v) is 14.0. The number of quaternary nitrogens is 1. The van der Waals surface area contributed by atoms with Crippen LogP contribution in [0.1, 0.15) is 19.4 Å². The van der Waals surface area contributed by atoms with Crippen molar-refractivity contribution in [3.05, 3.63) is 35.9 Å². The average Bonchev–Trinajstić information content (AvgIpc) is 2.49. The van der Waals surface area contributed by atoms with Gasteiger partial charge >= 0.3 is 13.6 Å². The minimum atomic E-state index is -3.09. The minimum absolute atomic E-state index is 0.371. The van der Waals surface area contributed by atoms with Gasteiger partial charge in [0.25, 0.3) is 0 Å². The van der Waals surface area contributed by atoms with Gasteiger partial charge in [0.1, 0.15) is 0 Å². The second kappa shape index (κ2) is 10.9. The Morgan fingerprint density at radius 2 is 1.65 bits per heavy atom. The fourth-order valence-electron chi connectivity index (χ4n) is 1.61. The summed E-state index contributed by atoms with van der Waals surface area (Å²) < 4.78 is 23.0. The number of benzene rings is 1. The molecule has 0 aliphatic rings. The maximum atomic E-state index is 12.4. The molecule has 1 atom stereocenters. The first kappa shape index (κ1) is 21.3. The Morgan fingerprint density at radius 3 is 2.00 bits per heavy atom. The van der Waals surface area contributed by atoms with Crippen molar-refractivity contribution in [3.8, 4) is 0 Å². The van der Waals surface area contributed by atoms with Crippen LogP contribution in [0.25, 0.3) is 0 Å². The predicted octanol–water partition coefficient (Wildman–Crippen LogP) is -0.116. The molecule has 0 bridgehead atoms. The first-order valence-electron chi connectivity index (χ1n) is 6.96. The second-order valence-electron chi connectivity index (χ2n) is 4.31. The molecule has 130 valence electrons. The second-order valence-corrected chi connectivity index (χ2v) is 6.64. The van der Waals surface area contributed by atoms with Gasteiger partial charge in [0.2, 0.25) is 0 Å². The van der Waals surface area contributed by atoms with Crippen molar-refractivity contribution in [1.29, 1.82) is 0 Å². The number of hydrogen-bond donors (Lipinski definition) is 2. The van der Waals surface area contributed by atoms with E-state index in [1.165, 1.54) is 0 Å². The van der Waals surface area contributed by atoms with E-state index in [9.17, 15) is 4.57 Å². The molecular formula is C14H22NO7P. The SMILES string of the molecule is CCOP(=O)(OCC)[C@@H]([NH3+])Cc1ccccc1.O=C([O-])C(=O)O. The van der Waals surface area contributed by atoms with Gasteiger partial charge in [-0.05, 0) is 19.4 Å². The summed E-state index contributed by atoms with van der Waals surface area (Å²) >= 11 is 0. The van der Waals surface area contributed by atoms with Crippen molar-refractivity contribution in [2.75, 3.05) is 13.2 Å². The fourth-order valence-corrected chi connectivity index (χ4v) is 3.26. The lowest BCUT2D eigenvalue weighted by Crippen LogP contribution is -2.61. The van der Waals surface area contributed by atoms with Gasteiger partial charge in [-0.3, -0.25) is 4.57 Å². The summed E-state index contributed by atoms with van der Waals surface area (Å²) in [5.74, 6) is -4.38. The van der Waals surface area contributed by atoms with Crippen molar-refractivity contribution in [3.63, 3.8) is 0 Å². The van der Waals surface area contributed by atoms with E-state index in [1.54, 1.807) is 13.8 Å². The molecule has 0 unspecified atom stereocenters. The molecule has 0 aliphatic heterocycles. The highest BCUT2D eigenvalue weighted by Gasteiger charge is 2.35. The van der Waals surface area contributed by atoms with Gasteiger partial charge in [-0.15, -0.1) is 0 Å². The van der Waals surface area contributed by atoms with Crippen LogP contribution < -0.4 is 10.8 Å². The van der Waals surface area contributed by atoms with Crippen LogP contribution >= 0.6 is 7.60 Å². The molecule has 0 amide bonds. The summed E-state index contributed by atoms with van der Waals surface area (Å²) in [6.45, 7) is 4.36. The molecule has 0 aliphatic carbocycles. The molecule has 4 N–H and O–H groups in total. The van der Waals surface area contributed by atoms with E-state index in [-0.39, 0.29) is 5.78 Å². The third-order valence-electron chi connectivity index (χ3n) is 2.55. The Balaban J connectivity index is 0.000000688. The molecule has 1 aromatic carbocycles. The number of hydrogen-bond acceptors (Lipinski definition) is 6. The number of aliphatic carboxylic acids is 2. The van der Waals surface area contributed by atoms with Crippen molar-refractivity contribution in [1.82, 2.24) is 0 Å². The lowest BCUT2D eigenvalue weighted by Gasteiger charge is -2.20. The normalized spacial score (nSPS) is 12.0. The predicted molar refractivity (Wildman–Crippen MR) is 80.3 cm³/mol. The van der Waals surface area contributed by atoms with Crippen molar-refractivity contribution < 1.29 is 39.1 Å². The minimum Gasteiger partial charge on any atom is -0.539 e. The maximum Gasteiger partial charge on any atom is 0.387 e. The maximum absolute atomic E-state index is 12.4. The van der Waals surface area contributed by atoms with Gasteiger partial charge in [0.05, 0.1) is 13.2 Å². The standard InChI is InChI=1S/C12H20NO3P.C2H2O4/c1-3-15-17(14,16-4-2)12(13)10-11-8-6-5-7-9-11;3-1(4)2(5)6/h5-9,12H,3-4,10,13H2,1-2H3;(H,3,4)(H,5,6)/t12-;/m1./s1. The molecule has 9 heteroatoms. The van der Waals surface area contributed by atoms with Crippen molar-refractivity contribution in [2.45, 2.75) is 26.1 Å². The monoisotopic (exact) mass is 347 g/mol. The molecule has 1 rings (SSSR count). The molecule has 1 aromatic rings. The van der Waals surface area contributed by atoms with Gasteiger partial charge in [-0.2, -0.15) is 0 Å². The van der Waals surface area contributed by atoms with Crippen LogP contribution in [0, 0.1) is 0 Å². The number of carbonyl (C=O) groups excluding carboxylic acids is 1. The average molecular weight is 347 g/mol. The van der Waals surface area contributed by atoms with Crippen LogP contribution in [0.3, 0.4) is 0 Å². The van der Waals surface area contributed by atoms with E-state index in [0.29, 0.717) is 19.6 Å². The van der Waals surface area contributed by atoms with Crippen molar-refractivity contribution in [2.24, 2.45) is 0 Å². The molecule has 0 radical (unpaired) electrons. The molecule has 0 spiro atoms. The Hall–Kier alpha value is -1.73. The molecule has 0 saturated heterocycles. The van der Waals surface area contributed by atoms with E-state index in [4.69, 9.17) is 28.8 Å². The Bertz CT molecular complexity index is 513. The van der Waals surface area contributed by atoms with E-state index < -0.39 is 19.5 Å². The fraction of sp³-hybridized carbons (Fsp3) is 0.429. The van der Waals surface area contributed by atoms with Gasteiger partial charge in [0.15, 0.2) is 11.8 Å². The largest absolute Gasteiger partial charge is 0.539 e. The van der Waals surface area contributed by atoms with E-state index >= 15 is 0 Å². The van der Waals surface area contributed by atoms with Crippen LogP contribution in [-0.2, 0) is 29.6 Å². The number of carbonyl (C=O) groups is 2. The lowest BCUT2D eigenvalue weighted by molar-refractivity contribution is -0.393. The Morgan fingerprint density at radius 1 is 1.22 bits per heavy atom. The summed E-state index contributed by atoms with van der Waals surface area (Å²) in [5.41, 5.74) is 5.02. The molecule has 0 saturated carbocycles. The zero-order valence-electron chi connectivity index (χ0n) is 13.1. The summed E-state index contributed by atoms with van der Waals surface area (Å²) in [6.07, 6.45) is 0.595. The highest BCUT2D eigenvalue weighted by Crippen LogP contribution is 2.50. The molecule has 8 nitrogen and oxygen atoms in total. The molecular weight excluding hydrogens is 325 g/mol. The first-order chi connectivity index (χ1) is 10.8. The van der Waals surface area contributed by atoms with Gasteiger partial charge < -0.3 is 29.8 Å². The summed E-state index contributed by atoms with van der Waals surface area (Å²) in [6, 6.07) is 9.83. The summed E-state index contributed by atoms with van der Waals surface area (Å²) in [5, 5.41) is 16.3. The lowest BCUT2D eigenvalue weighted by atomic mass is 10.2. The smallest absolute Gasteiger partial charge is 0.387 e. The molecule has 0 heterocycles.